The molecule has 0 aromatic heterocycles. The quantitative estimate of drug-likeness (QED) is 0.719. The number of rotatable bonds is 7. The number of hydrogen-bond donors (Lipinski definition) is 2. The van der Waals surface area contributed by atoms with Crippen molar-refractivity contribution >= 4 is 17.5 Å². The first-order valence-corrected chi connectivity index (χ1v) is 9.67. The largest absolute Gasteiger partial charge is 0.488 e. The number of benzene rings is 2. The molecule has 2 aromatic rings. The van der Waals surface area contributed by atoms with Gasteiger partial charge in [-0.3, -0.25) is 9.59 Å². The summed E-state index contributed by atoms with van der Waals surface area (Å²) in [6.45, 7) is 3.43. The number of amides is 2. The van der Waals surface area contributed by atoms with Crippen LogP contribution in [0.4, 0.5) is 5.69 Å². The molecule has 5 heteroatoms. The average molecular weight is 378 g/mol. The maximum Gasteiger partial charge on any atom is 0.247 e. The van der Waals surface area contributed by atoms with Crippen molar-refractivity contribution in [1.29, 1.82) is 0 Å². The fraction of sp³-hybridized carbons (Fsp3) is 0.304. The normalized spacial score (nSPS) is 18.7. The Bertz CT molecular complexity index is 802. The van der Waals surface area contributed by atoms with E-state index in [4.69, 9.17) is 4.74 Å². The SMILES string of the molecule is C=CC(=O)Nc1ccc(CC(=O)N[C@@H]2CCCC[C@@H]2Oc2ccccc2)cc1. The molecule has 1 aliphatic carbocycles. The summed E-state index contributed by atoms with van der Waals surface area (Å²) in [5.74, 6) is 0.564. The van der Waals surface area contributed by atoms with Gasteiger partial charge in [0.1, 0.15) is 11.9 Å². The summed E-state index contributed by atoms with van der Waals surface area (Å²) in [6, 6.07) is 17.0. The second-order valence-corrected chi connectivity index (χ2v) is 6.99. The minimum Gasteiger partial charge on any atom is -0.488 e. The fourth-order valence-electron chi connectivity index (χ4n) is 3.42. The molecule has 1 saturated carbocycles. The summed E-state index contributed by atoms with van der Waals surface area (Å²) in [4.78, 5) is 23.9. The van der Waals surface area contributed by atoms with Gasteiger partial charge in [0.25, 0.3) is 0 Å². The highest BCUT2D eigenvalue weighted by Crippen LogP contribution is 2.24. The van der Waals surface area contributed by atoms with Crippen LogP contribution in [0.25, 0.3) is 0 Å². The van der Waals surface area contributed by atoms with Gasteiger partial charge in [0.2, 0.25) is 11.8 Å². The highest BCUT2D eigenvalue weighted by molar-refractivity contribution is 5.98. The smallest absolute Gasteiger partial charge is 0.247 e. The zero-order valence-electron chi connectivity index (χ0n) is 15.9. The van der Waals surface area contributed by atoms with E-state index in [0.717, 1.165) is 37.0 Å². The third kappa shape index (κ3) is 5.71. The van der Waals surface area contributed by atoms with Crippen LogP contribution in [-0.2, 0) is 16.0 Å². The van der Waals surface area contributed by atoms with Crippen molar-refractivity contribution in [3.05, 3.63) is 72.8 Å². The van der Waals surface area contributed by atoms with Crippen LogP contribution in [-0.4, -0.2) is 24.0 Å². The molecule has 146 valence electrons. The number of ether oxygens (including phenoxy) is 1. The predicted octanol–water partition coefficient (Wildman–Crippen LogP) is 3.86. The monoisotopic (exact) mass is 378 g/mol. The second-order valence-electron chi connectivity index (χ2n) is 6.99. The Morgan fingerprint density at radius 1 is 1.04 bits per heavy atom. The molecule has 28 heavy (non-hydrogen) atoms. The summed E-state index contributed by atoms with van der Waals surface area (Å²) in [5.41, 5.74) is 1.57. The van der Waals surface area contributed by atoms with E-state index < -0.39 is 0 Å². The Kier molecular flexibility index (Phi) is 6.84. The molecule has 0 radical (unpaired) electrons. The first-order chi connectivity index (χ1) is 13.6. The molecule has 0 bridgehead atoms. The topological polar surface area (TPSA) is 67.4 Å². The maximum atomic E-state index is 12.5. The lowest BCUT2D eigenvalue weighted by Crippen LogP contribution is -2.48. The van der Waals surface area contributed by atoms with Crippen molar-refractivity contribution in [1.82, 2.24) is 5.32 Å². The van der Waals surface area contributed by atoms with Gasteiger partial charge in [-0.2, -0.15) is 0 Å². The molecule has 3 rings (SSSR count). The molecule has 1 fully saturated rings. The maximum absolute atomic E-state index is 12.5. The minimum absolute atomic E-state index is 0.00316. The minimum atomic E-state index is -0.257. The van der Waals surface area contributed by atoms with Crippen LogP contribution in [0.3, 0.4) is 0 Å². The van der Waals surface area contributed by atoms with Gasteiger partial charge >= 0.3 is 0 Å². The van der Waals surface area contributed by atoms with Crippen LogP contribution in [0.15, 0.2) is 67.3 Å². The van der Waals surface area contributed by atoms with Gasteiger partial charge in [0, 0.05) is 5.69 Å². The van der Waals surface area contributed by atoms with Gasteiger partial charge in [-0.05, 0) is 55.2 Å². The van der Waals surface area contributed by atoms with Crippen LogP contribution in [0.2, 0.25) is 0 Å². The zero-order valence-corrected chi connectivity index (χ0v) is 15.9. The predicted molar refractivity (Wildman–Crippen MR) is 110 cm³/mol. The van der Waals surface area contributed by atoms with Gasteiger partial charge < -0.3 is 15.4 Å². The fourth-order valence-corrected chi connectivity index (χ4v) is 3.42. The molecule has 0 spiro atoms. The molecule has 2 atom stereocenters. The molecule has 2 aromatic carbocycles. The average Bonchev–Trinajstić information content (AvgIpc) is 2.71. The van der Waals surface area contributed by atoms with Gasteiger partial charge in [-0.15, -0.1) is 0 Å². The number of nitrogens with one attached hydrogen (secondary N) is 2. The molecule has 0 heterocycles. The molecule has 2 N–H and O–H groups in total. The van der Waals surface area contributed by atoms with Crippen LogP contribution < -0.4 is 15.4 Å². The molecular weight excluding hydrogens is 352 g/mol. The van der Waals surface area contributed by atoms with Crippen molar-refractivity contribution in [3.8, 4) is 5.75 Å². The number of carbonyl (C=O) groups excluding carboxylic acids is 2. The van der Waals surface area contributed by atoms with E-state index >= 15 is 0 Å². The summed E-state index contributed by atoms with van der Waals surface area (Å²) < 4.78 is 6.12. The van der Waals surface area contributed by atoms with E-state index in [2.05, 4.69) is 17.2 Å². The Labute approximate surface area is 165 Å². The van der Waals surface area contributed by atoms with Gasteiger partial charge in [0.05, 0.1) is 12.5 Å². The van der Waals surface area contributed by atoms with Crippen molar-refractivity contribution in [2.45, 2.75) is 44.2 Å². The van der Waals surface area contributed by atoms with Crippen molar-refractivity contribution < 1.29 is 14.3 Å². The number of carbonyl (C=O) groups is 2. The molecule has 5 nitrogen and oxygen atoms in total. The first kappa shape index (κ1) is 19.7. The standard InChI is InChI=1S/C23H26N2O3/c1-2-22(26)24-18-14-12-17(13-15-18)16-23(27)25-20-10-6-7-11-21(20)28-19-8-4-3-5-9-19/h2-5,8-9,12-15,20-21H,1,6-7,10-11,16H2,(H,24,26)(H,25,27)/t20-,21+/m1/s1. The van der Waals surface area contributed by atoms with Gasteiger partial charge in [0.15, 0.2) is 0 Å². The summed E-state index contributed by atoms with van der Waals surface area (Å²) in [7, 11) is 0. The molecule has 0 saturated heterocycles. The summed E-state index contributed by atoms with van der Waals surface area (Å²) >= 11 is 0. The highest BCUT2D eigenvalue weighted by Gasteiger charge is 2.28. The van der Waals surface area contributed by atoms with E-state index in [1.54, 1.807) is 12.1 Å². The Hall–Kier alpha value is -3.08. The van der Waals surface area contributed by atoms with Crippen LogP contribution in [0.5, 0.6) is 5.75 Å². The lowest BCUT2D eigenvalue weighted by molar-refractivity contribution is -0.122. The van der Waals surface area contributed by atoms with E-state index in [1.807, 2.05) is 42.5 Å². The molecule has 0 aliphatic heterocycles. The lowest BCUT2D eigenvalue weighted by atomic mass is 9.92. The van der Waals surface area contributed by atoms with E-state index in [-0.39, 0.29) is 24.0 Å². The molecule has 1 aliphatic rings. The highest BCUT2D eigenvalue weighted by atomic mass is 16.5. The van der Waals surface area contributed by atoms with E-state index in [0.29, 0.717) is 12.1 Å². The summed E-state index contributed by atoms with van der Waals surface area (Å²) in [5, 5.41) is 5.84. The first-order valence-electron chi connectivity index (χ1n) is 9.67. The Balaban J connectivity index is 1.55. The van der Waals surface area contributed by atoms with Crippen molar-refractivity contribution in [3.63, 3.8) is 0 Å². The molecular formula is C23H26N2O3. The van der Waals surface area contributed by atoms with Crippen molar-refractivity contribution in [2.24, 2.45) is 0 Å². The third-order valence-corrected chi connectivity index (χ3v) is 4.85. The Morgan fingerprint density at radius 3 is 2.46 bits per heavy atom. The van der Waals surface area contributed by atoms with Crippen LogP contribution >= 0.6 is 0 Å². The molecule has 2 amide bonds. The third-order valence-electron chi connectivity index (χ3n) is 4.85. The Morgan fingerprint density at radius 2 is 1.75 bits per heavy atom. The van der Waals surface area contributed by atoms with Gasteiger partial charge in [-0.1, -0.05) is 43.3 Å². The second kappa shape index (κ2) is 9.74. The zero-order chi connectivity index (χ0) is 19.8. The van der Waals surface area contributed by atoms with Crippen molar-refractivity contribution in [2.75, 3.05) is 5.32 Å². The lowest BCUT2D eigenvalue weighted by Gasteiger charge is -2.32. The van der Waals surface area contributed by atoms with E-state index in [1.165, 1.54) is 6.08 Å². The van der Waals surface area contributed by atoms with Crippen LogP contribution in [0, 0.1) is 0 Å². The number of hydrogen-bond acceptors (Lipinski definition) is 3. The number of para-hydroxylation sites is 1. The van der Waals surface area contributed by atoms with Crippen LogP contribution in [0.1, 0.15) is 31.2 Å². The molecule has 0 unspecified atom stereocenters. The van der Waals surface area contributed by atoms with Gasteiger partial charge in [-0.25, -0.2) is 0 Å². The van der Waals surface area contributed by atoms with E-state index in [9.17, 15) is 9.59 Å². The number of anilines is 1. The summed E-state index contributed by atoms with van der Waals surface area (Å²) in [6.07, 6.45) is 5.59.